The van der Waals surface area contributed by atoms with Crippen molar-refractivity contribution in [3.8, 4) is 11.1 Å². The fraction of sp³-hybridized carbons (Fsp3) is 0.548. The molecule has 0 fully saturated rings. The van der Waals surface area contributed by atoms with Gasteiger partial charge >= 0.3 is 5.97 Å². The van der Waals surface area contributed by atoms with Gasteiger partial charge in [-0.2, -0.15) is 0 Å². The van der Waals surface area contributed by atoms with Gasteiger partial charge in [-0.25, -0.2) is 9.78 Å². The molecule has 0 spiro atoms. The summed E-state index contributed by atoms with van der Waals surface area (Å²) in [6, 6.07) is 7.70. The molecule has 0 aliphatic carbocycles. The Kier molecular flexibility index (Phi) is 9.12. The number of carbonyl (C=O) groups is 1. The third-order valence-electron chi connectivity index (χ3n) is 7.85. The number of ether oxygens (including phenoxy) is 2. The van der Waals surface area contributed by atoms with E-state index in [0.717, 1.165) is 39.1 Å². The molecule has 0 saturated carbocycles. The number of pyridine rings is 1. The average Bonchev–Trinajstić information content (AvgIpc) is 3.05. The SMILES string of the molecule is COC(=O)C(OC(C)(C)C)c1c(C)nc2c(c(C)c(C)n2CCO[Si](C)(C)C(C)(C)C)c1-c1ccc(Cl)cc1. The van der Waals surface area contributed by atoms with Gasteiger partial charge in [0.1, 0.15) is 5.65 Å². The van der Waals surface area contributed by atoms with Crippen molar-refractivity contribution in [3.63, 3.8) is 0 Å². The minimum absolute atomic E-state index is 0.137. The van der Waals surface area contributed by atoms with E-state index < -0.39 is 26.0 Å². The second-order valence-corrected chi connectivity index (χ2v) is 18.0. The smallest absolute Gasteiger partial charge is 0.339 e. The summed E-state index contributed by atoms with van der Waals surface area (Å²) in [5.74, 6) is -0.457. The Morgan fingerprint density at radius 2 is 1.64 bits per heavy atom. The average molecular weight is 573 g/mol. The highest BCUT2D eigenvalue weighted by Crippen LogP contribution is 2.43. The molecule has 1 atom stereocenters. The predicted molar refractivity (Wildman–Crippen MR) is 163 cm³/mol. The molecule has 0 aliphatic heterocycles. The molecule has 0 N–H and O–H groups in total. The van der Waals surface area contributed by atoms with Crippen molar-refractivity contribution in [2.45, 2.75) is 98.7 Å². The minimum Gasteiger partial charge on any atom is -0.467 e. The van der Waals surface area contributed by atoms with Gasteiger partial charge in [-0.1, -0.05) is 44.5 Å². The van der Waals surface area contributed by atoms with Gasteiger partial charge < -0.3 is 18.5 Å². The van der Waals surface area contributed by atoms with Crippen LogP contribution in [0, 0.1) is 20.8 Å². The van der Waals surface area contributed by atoms with Gasteiger partial charge in [-0.3, -0.25) is 0 Å². The zero-order valence-electron chi connectivity index (χ0n) is 25.7. The van der Waals surface area contributed by atoms with Crippen molar-refractivity contribution < 1.29 is 18.7 Å². The number of rotatable bonds is 8. The van der Waals surface area contributed by atoms with Crippen LogP contribution in [0.4, 0.5) is 0 Å². The number of aromatic nitrogens is 2. The van der Waals surface area contributed by atoms with Crippen LogP contribution in [0.25, 0.3) is 22.2 Å². The van der Waals surface area contributed by atoms with E-state index in [2.05, 4.69) is 52.3 Å². The van der Waals surface area contributed by atoms with Crippen molar-refractivity contribution >= 4 is 36.9 Å². The van der Waals surface area contributed by atoms with Crippen LogP contribution in [-0.2, 0) is 25.2 Å². The first kappa shape index (κ1) is 31.3. The summed E-state index contributed by atoms with van der Waals surface area (Å²) in [5.41, 5.74) is 5.79. The number of halogens is 1. The van der Waals surface area contributed by atoms with Crippen LogP contribution >= 0.6 is 11.6 Å². The molecule has 6 nitrogen and oxygen atoms in total. The summed E-state index contributed by atoms with van der Waals surface area (Å²) in [7, 11) is -0.507. The van der Waals surface area contributed by atoms with Gasteiger partial charge in [0.15, 0.2) is 14.4 Å². The predicted octanol–water partition coefficient (Wildman–Crippen LogP) is 8.33. The standard InChI is InChI=1S/C31H45ClN2O4Si/c1-19-21(3)34(17-18-37-39(11,12)31(7,8)9)28-24(19)26(22-13-15-23(32)16-14-22)25(20(2)33-28)27(29(35)36-10)38-30(4,5)6/h13-16,27H,17-18H2,1-12H3. The van der Waals surface area contributed by atoms with Crippen LogP contribution in [0.3, 0.4) is 0 Å². The number of hydrogen-bond donors (Lipinski definition) is 0. The fourth-order valence-electron chi connectivity index (χ4n) is 4.60. The first-order chi connectivity index (χ1) is 17.9. The van der Waals surface area contributed by atoms with Crippen molar-refractivity contribution in [1.82, 2.24) is 9.55 Å². The van der Waals surface area contributed by atoms with Crippen LogP contribution in [0.5, 0.6) is 0 Å². The molecule has 1 aromatic carbocycles. The molecule has 3 rings (SSSR count). The maximum absolute atomic E-state index is 13.2. The van der Waals surface area contributed by atoms with Crippen molar-refractivity contribution in [3.05, 3.63) is 51.8 Å². The number of benzene rings is 1. The molecule has 2 heterocycles. The van der Waals surface area contributed by atoms with E-state index in [1.165, 1.54) is 7.11 Å². The third kappa shape index (κ3) is 6.59. The molecule has 39 heavy (non-hydrogen) atoms. The van der Waals surface area contributed by atoms with Gasteiger partial charge in [0.25, 0.3) is 0 Å². The van der Waals surface area contributed by atoms with Gasteiger partial charge in [-0.15, -0.1) is 0 Å². The second-order valence-electron chi connectivity index (χ2n) is 12.8. The number of nitrogens with zero attached hydrogens (tertiary/aromatic N) is 2. The normalized spacial score (nSPS) is 13.7. The first-order valence-corrected chi connectivity index (χ1v) is 16.8. The molecule has 0 radical (unpaired) electrons. The zero-order valence-corrected chi connectivity index (χ0v) is 27.5. The molecule has 1 unspecified atom stereocenters. The fourth-order valence-corrected chi connectivity index (χ4v) is 5.76. The highest BCUT2D eigenvalue weighted by molar-refractivity contribution is 6.74. The lowest BCUT2D eigenvalue weighted by atomic mass is 9.91. The van der Waals surface area contributed by atoms with E-state index in [9.17, 15) is 4.79 Å². The van der Waals surface area contributed by atoms with Crippen LogP contribution in [0.15, 0.2) is 24.3 Å². The highest BCUT2D eigenvalue weighted by Gasteiger charge is 2.37. The van der Waals surface area contributed by atoms with E-state index in [1.807, 2.05) is 52.0 Å². The highest BCUT2D eigenvalue weighted by atomic mass is 35.5. The number of carbonyl (C=O) groups excluding carboxylic acids is 1. The summed E-state index contributed by atoms with van der Waals surface area (Å²) in [6.45, 7) is 24.6. The molecular formula is C31H45ClN2O4Si. The summed E-state index contributed by atoms with van der Waals surface area (Å²) >= 11 is 6.27. The number of hydrogen-bond acceptors (Lipinski definition) is 5. The summed E-state index contributed by atoms with van der Waals surface area (Å²) in [6.07, 6.45) is -0.942. The number of esters is 1. The van der Waals surface area contributed by atoms with Crippen LogP contribution in [0.2, 0.25) is 23.2 Å². The molecule has 8 heteroatoms. The second kappa shape index (κ2) is 11.4. The Morgan fingerprint density at radius 1 is 1.05 bits per heavy atom. The molecule has 2 aromatic heterocycles. The topological polar surface area (TPSA) is 62.6 Å². The number of aryl methyl sites for hydroxylation is 2. The summed E-state index contributed by atoms with van der Waals surface area (Å²) in [5, 5.41) is 1.78. The third-order valence-corrected chi connectivity index (χ3v) is 12.6. The van der Waals surface area contributed by atoms with Gasteiger partial charge in [0.05, 0.1) is 19.3 Å². The molecule has 0 aliphatic rings. The summed E-state index contributed by atoms with van der Waals surface area (Å²) in [4.78, 5) is 18.3. The first-order valence-electron chi connectivity index (χ1n) is 13.5. The van der Waals surface area contributed by atoms with Gasteiger partial charge in [-0.05, 0) is 82.9 Å². The number of fused-ring (bicyclic) bond motifs is 1. The Labute approximate surface area is 240 Å². The van der Waals surface area contributed by atoms with Gasteiger partial charge in [0, 0.05) is 39.5 Å². The Bertz CT molecular complexity index is 1350. The van der Waals surface area contributed by atoms with Crippen molar-refractivity contribution in [2.75, 3.05) is 13.7 Å². The molecule has 3 aromatic rings. The van der Waals surface area contributed by atoms with E-state index in [4.69, 9.17) is 30.5 Å². The molecule has 214 valence electrons. The van der Waals surface area contributed by atoms with E-state index >= 15 is 0 Å². The molecule has 0 bridgehead atoms. The van der Waals surface area contributed by atoms with Crippen LogP contribution in [-0.4, -0.2) is 43.2 Å². The van der Waals surface area contributed by atoms with Crippen molar-refractivity contribution in [2.24, 2.45) is 0 Å². The lowest BCUT2D eigenvalue weighted by molar-refractivity contribution is -0.164. The monoisotopic (exact) mass is 572 g/mol. The van der Waals surface area contributed by atoms with E-state index in [0.29, 0.717) is 23.7 Å². The molecule has 0 saturated heterocycles. The quantitative estimate of drug-likeness (QED) is 0.200. The van der Waals surface area contributed by atoms with E-state index in [1.54, 1.807) is 0 Å². The van der Waals surface area contributed by atoms with E-state index in [-0.39, 0.29) is 5.04 Å². The maximum atomic E-state index is 13.2. The lowest BCUT2D eigenvalue weighted by Crippen LogP contribution is -2.41. The molecular weight excluding hydrogens is 528 g/mol. The summed E-state index contributed by atoms with van der Waals surface area (Å²) < 4.78 is 20.3. The largest absolute Gasteiger partial charge is 0.467 e. The maximum Gasteiger partial charge on any atom is 0.339 e. The Morgan fingerprint density at radius 3 is 2.15 bits per heavy atom. The molecule has 0 amide bonds. The Hall–Kier alpha value is -2.19. The Balaban J connectivity index is 2.29. The number of methoxy groups -OCH3 is 1. The lowest BCUT2D eigenvalue weighted by Gasteiger charge is -2.36. The van der Waals surface area contributed by atoms with Crippen LogP contribution in [0.1, 0.15) is 70.2 Å². The zero-order chi connectivity index (χ0) is 29.5. The minimum atomic E-state index is -1.89. The van der Waals surface area contributed by atoms with Crippen molar-refractivity contribution in [1.29, 1.82) is 0 Å². The van der Waals surface area contributed by atoms with Gasteiger partial charge in [0.2, 0.25) is 0 Å². The van der Waals surface area contributed by atoms with Crippen LogP contribution < -0.4 is 0 Å².